The minimum Gasteiger partial charge on any atom is -0.362 e. The lowest BCUT2D eigenvalue weighted by Crippen LogP contribution is -2.39. The number of anilines is 1. The van der Waals surface area contributed by atoms with Crippen molar-refractivity contribution in [2.24, 2.45) is 0 Å². The molecule has 0 aliphatic carbocycles. The summed E-state index contributed by atoms with van der Waals surface area (Å²) in [6.45, 7) is 0.555. The first-order valence-corrected chi connectivity index (χ1v) is 11.1. The molecule has 11 heteroatoms. The number of halogens is 2. The Hall–Kier alpha value is -3.05. The number of fused-ring (bicyclic) bond motifs is 1. The van der Waals surface area contributed by atoms with Gasteiger partial charge in [0, 0.05) is 26.8 Å². The van der Waals surface area contributed by atoms with E-state index in [4.69, 9.17) is 0 Å². The highest BCUT2D eigenvalue weighted by Crippen LogP contribution is 2.38. The molecular formula is C20H21F2N5O3S. The Morgan fingerprint density at radius 3 is 2.74 bits per heavy atom. The zero-order valence-electron chi connectivity index (χ0n) is 16.9. The zero-order valence-corrected chi connectivity index (χ0v) is 17.7. The summed E-state index contributed by atoms with van der Waals surface area (Å²) in [4.78, 5) is 14.4. The van der Waals surface area contributed by atoms with Gasteiger partial charge < -0.3 is 4.90 Å². The Kier molecular flexibility index (Phi) is 5.40. The van der Waals surface area contributed by atoms with Gasteiger partial charge >= 0.3 is 10.2 Å². The summed E-state index contributed by atoms with van der Waals surface area (Å²) in [6, 6.07) is 7.53. The molecule has 3 aromatic rings. The van der Waals surface area contributed by atoms with Gasteiger partial charge in [0.05, 0.1) is 23.5 Å². The number of amides is 1. The van der Waals surface area contributed by atoms with Crippen molar-refractivity contribution in [3.63, 3.8) is 0 Å². The van der Waals surface area contributed by atoms with Crippen LogP contribution >= 0.6 is 0 Å². The summed E-state index contributed by atoms with van der Waals surface area (Å²) in [7, 11) is -1.51. The number of nitrogens with zero attached hydrogens (tertiary/aromatic N) is 4. The maximum Gasteiger partial charge on any atom is 0.303 e. The average Bonchev–Trinajstić information content (AvgIpc) is 3.35. The molecule has 31 heavy (non-hydrogen) atoms. The summed E-state index contributed by atoms with van der Waals surface area (Å²) < 4.78 is 57.3. The van der Waals surface area contributed by atoms with Crippen LogP contribution < -0.4 is 9.62 Å². The Balaban J connectivity index is 1.74. The SMILES string of the molecule is CN(C)S(=O)(=O)NC(=O)c1cnn2ccc(N3CCC[C@@H]3c3cccc(F)c3)c(F)c12. The highest BCUT2D eigenvalue weighted by Gasteiger charge is 2.31. The molecule has 164 valence electrons. The molecule has 0 bridgehead atoms. The number of carbonyl (C=O) groups is 1. The van der Waals surface area contributed by atoms with Crippen LogP contribution in [-0.2, 0) is 10.2 Å². The number of hydrogen-bond donors (Lipinski definition) is 1. The van der Waals surface area contributed by atoms with Crippen molar-refractivity contribution in [3.8, 4) is 0 Å². The molecule has 0 saturated carbocycles. The van der Waals surface area contributed by atoms with Gasteiger partial charge in [0.1, 0.15) is 11.3 Å². The van der Waals surface area contributed by atoms with Crippen LogP contribution in [-0.4, -0.2) is 48.9 Å². The monoisotopic (exact) mass is 449 g/mol. The number of carbonyl (C=O) groups excluding carboxylic acids is 1. The number of hydrogen-bond acceptors (Lipinski definition) is 5. The maximum absolute atomic E-state index is 15.6. The first kappa shape index (κ1) is 21.2. The van der Waals surface area contributed by atoms with Gasteiger partial charge in [-0.3, -0.25) is 4.79 Å². The van der Waals surface area contributed by atoms with Crippen molar-refractivity contribution < 1.29 is 22.0 Å². The molecule has 0 spiro atoms. The molecule has 1 saturated heterocycles. The molecule has 2 aromatic heterocycles. The van der Waals surface area contributed by atoms with Gasteiger partial charge in [0.25, 0.3) is 5.91 Å². The minimum atomic E-state index is -4.05. The van der Waals surface area contributed by atoms with E-state index in [0.717, 1.165) is 28.9 Å². The molecule has 1 amide bonds. The van der Waals surface area contributed by atoms with Crippen LogP contribution in [0.3, 0.4) is 0 Å². The lowest BCUT2D eigenvalue weighted by Gasteiger charge is -2.28. The number of pyridine rings is 1. The summed E-state index contributed by atoms with van der Waals surface area (Å²) >= 11 is 0. The van der Waals surface area contributed by atoms with Gasteiger partial charge in [0.2, 0.25) is 0 Å². The fraction of sp³-hybridized carbons (Fsp3) is 0.300. The Morgan fingerprint density at radius 1 is 1.26 bits per heavy atom. The van der Waals surface area contributed by atoms with Crippen LogP contribution in [0, 0.1) is 11.6 Å². The van der Waals surface area contributed by atoms with Gasteiger partial charge in [-0.15, -0.1) is 0 Å². The van der Waals surface area contributed by atoms with E-state index in [2.05, 4.69) is 5.10 Å². The van der Waals surface area contributed by atoms with Crippen molar-refractivity contribution in [1.29, 1.82) is 0 Å². The highest BCUT2D eigenvalue weighted by atomic mass is 32.2. The van der Waals surface area contributed by atoms with E-state index in [0.29, 0.717) is 6.54 Å². The van der Waals surface area contributed by atoms with Gasteiger partial charge in [-0.1, -0.05) is 12.1 Å². The summed E-state index contributed by atoms with van der Waals surface area (Å²) in [5, 5.41) is 3.97. The van der Waals surface area contributed by atoms with Crippen LogP contribution in [0.2, 0.25) is 0 Å². The summed E-state index contributed by atoms with van der Waals surface area (Å²) in [6.07, 6.45) is 4.14. The predicted molar refractivity (Wildman–Crippen MR) is 111 cm³/mol. The summed E-state index contributed by atoms with van der Waals surface area (Å²) in [5.74, 6) is -2.05. The molecule has 0 radical (unpaired) electrons. The van der Waals surface area contributed by atoms with Crippen LogP contribution in [0.25, 0.3) is 5.52 Å². The molecule has 0 unspecified atom stereocenters. The molecule has 1 atom stereocenters. The molecule has 8 nitrogen and oxygen atoms in total. The Bertz CT molecular complexity index is 1260. The molecular weight excluding hydrogens is 428 g/mol. The third kappa shape index (κ3) is 3.86. The zero-order chi connectivity index (χ0) is 22.3. The smallest absolute Gasteiger partial charge is 0.303 e. The van der Waals surface area contributed by atoms with Crippen LogP contribution in [0.4, 0.5) is 14.5 Å². The fourth-order valence-corrected chi connectivity index (χ4v) is 4.32. The Morgan fingerprint density at radius 2 is 2.03 bits per heavy atom. The normalized spacial score (nSPS) is 16.9. The van der Waals surface area contributed by atoms with Gasteiger partial charge in [-0.2, -0.15) is 17.8 Å². The molecule has 4 rings (SSSR count). The van der Waals surface area contributed by atoms with Crippen molar-refractivity contribution >= 4 is 27.3 Å². The molecule has 1 fully saturated rings. The van der Waals surface area contributed by atoms with Gasteiger partial charge in [0.15, 0.2) is 5.82 Å². The van der Waals surface area contributed by atoms with E-state index in [-0.39, 0.29) is 28.6 Å². The number of benzene rings is 1. The van der Waals surface area contributed by atoms with Gasteiger partial charge in [-0.25, -0.2) is 18.0 Å². The summed E-state index contributed by atoms with van der Waals surface area (Å²) in [5.41, 5.74) is 0.643. The number of rotatable bonds is 5. The van der Waals surface area contributed by atoms with Crippen LogP contribution in [0.5, 0.6) is 0 Å². The standard InChI is InChI=1S/C20H21F2N5O3S/c1-25(2)31(29,30)24-20(28)15-12-23-27-10-8-17(18(22)19(15)27)26-9-4-7-16(26)13-5-3-6-14(21)11-13/h3,5-6,8,10-12,16H,4,7,9H2,1-2H3,(H,24,28)/t16-/m1/s1. The van der Waals surface area contributed by atoms with E-state index in [1.165, 1.54) is 36.9 Å². The van der Waals surface area contributed by atoms with E-state index >= 15 is 4.39 Å². The quantitative estimate of drug-likeness (QED) is 0.647. The van der Waals surface area contributed by atoms with Crippen LogP contribution in [0.15, 0.2) is 42.7 Å². The number of nitrogens with one attached hydrogen (secondary N) is 1. The second kappa shape index (κ2) is 7.89. The first-order chi connectivity index (χ1) is 14.7. The molecule has 1 aliphatic rings. The second-order valence-corrected chi connectivity index (χ2v) is 9.38. The van der Waals surface area contributed by atoms with Crippen molar-refractivity contribution in [1.82, 2.24) is 18.6 Å². The minimum absolute atomic E-state index is 0.131. The lowest BCUT2D eigenvalue weighted by atomic mass is 10.0. The van der Waals surface area contributed by atoms with E-state index in [1.807, 2.05) is 9.62 Å². The third-order valence-electron chi connectivity index (χ3n) is 5.34. The highest BCUT2D eigenvalue weighted by molar-refractivity contribution is 7.87. The van der Waals surface area contributed by atoms with E-state index in [9.17, 15) is 17.6 Å². The fourth-order valence-electron chi connectivity index (χ4n) is 3.80. The number of aromatic nitrogens is 2. The molecule has 1 N–H and O–H groups in total. The lowest BCUT2D eigenvalue weighted by molar-refractivity contribution is 0.0981. The molecule has 1 aliphatic heterocycles. The van der Waals surface area contributed by atoms with Crippen molar-refractivity contribution in [2.45, 2.75) is 18.9 Å². The molecule has 1 aromatic carbocycles. The van der Waals surface area contributed by atoms with Gasteiger partial charge in [-0.05, 0) is 36.6 Å². The maximum atomic E-state index is 15.6. The van der Waals surface area contributed by atoms with E-state index in [1.54, 1.807) is 18.2 Å². The van der Waals surface area contributed by atoms with Crippen molar-refractivity contribution in [3.05, 3.63) is 65.5 Å². The topological polar surface area (TPSA) is 87.0 Å². The third-order valence-corrected chi connectivity index (χ3v) is 6.75. The first-order valence-electron chi connectivity index (χ1n) is 9.61. The Labute approximate surface area is 178 Å². The predicted octanol–water partition coefficient (Wildman–Crippen LogP) is 2.49. The largest absolute Gasteiger partial charge is 0.362 e. The van der Waals surface area contributed by atoms with Crippen molar-refractivity contribution in [2.75, 3.05) is 25.5 Å². The van der Waals surface area contributed by atoms with E-state index < -0.39 is 21.9 Å². The second-order valence-electron chi connectivity index (χ2n) is 7.49. The average molecular weight is 449 g/mol. The molecule has 3 heterocycles. The van der Waals surface area contributed by atoms with Crippen LogP contribution in [0.1, 0.15) is 34.8 Å².